The summed E-state index contributed by atoms with van der Waals surface area (Å²) in [5.41, 5.74) is 5.48. The summed E-state index contributed by atoms with van der Waals surface area (Å²) in [5, 5.41) is 20.1. The summed E-state index contributed by atoms with van der Waals surface area (Å²) in [6, 6.07) is 4.24. The fraction of sp³-hybridized carbons (Fsp3) is 0.333. The molecule has 0 spiro atoms. The molecule has 0 saturated carbocycles. The van der Waals surface area contributed by atoms with Gasteiger partial charge >= 0.3 is 5.69 Å². The van der Waals surface area contributed by atoms with E-state index in [1.165, 1.54) is 19.2 Å². The number of benzene rings is 1. The van der Waals surface area contributed by atoms with Crippen molar-refractivity contribution < 1.29 is 14.8 Å². The normalized spacial score (nSPS) is 12.2. The first-order valence-corrected chi connectivity index (χ1v) is 4.30. The third-order valence-corrected chi connectivity index (χ3v) is 2.01. The van der Waals surface area contributed by atoms with E-state index < -0.39 is 11.0 Å². The Balaban J connectivity index is 3.16. The minimum absolute atomic E-state index is 0.0173. The van der Waals surface area contributed by atoms with Gasteiger partial charge in [0.2, 0.25) is 0 Å². The maximum absolute atomic E-state index is 10.7. The monoisotopic (exact) mass is 212 g/mol. The first-order valence-electron chi connectivity index (χ1n) is 4.30. The summed E-state index contributed by atoms with van der Waals surface area (Å²) in [4.78, 5) is 10.1. The van der Waals surface area contributed by atoms with Crippen molar-refractivity contribution in [2.24, 2.45) is 5.73 Å². The van der Waals surface area contributed by atoms with Gasteiger partial charge in [0.05, 0.1) is 18.1 Å². The van der Waals surface area contributed by atoms with Crippen molar-refractivity contribution in [2.45, 2.75) is 6.10 Å². The summed E-state index contributed by atoms with van der Waals surface area (Å²) in [6.45, 7) is 0.0173. The van der Waals surface area contributed by atoms with Gasteiger partial charge in [-0.3, -0.25) is 10.1 Å². The van der Waals surface area contributed by atoms with E-state index in [9.17, 15) is 15.2 Å². The SMILES string of the molecule is COc1ccc([C@H](O)CN)cc1[N+](=O)[O-]. The highest BCUT2D eigenvalue weighted by atomic mass is 16.6. The molecule has 6 nitrogen and oxygen atoms in total. The van der Waals surface area contributed by atoms with Crippen molar-refractivity contribution in [2.75, 3.05) is 13.7 Å². The van der Waals surface area contributed by atoms with Crippen LogP contribution < -0.4 is 10.5 Å². The summed E-state index contributed by atoms with van der Waals surface area (Å²) in [7, 11) is 1.35. The molecule has 15 heavy (non-hydrogen) atoms. The highest BCUT2D eigenvalue weighted by Crippen LogP contribution is 2.29. The topological polar surface area (TPSA) is 98.6 Å². The summed E-state index contributed by atoms with van der Waals surface area (Å²) in [5.74, 6) is 0.160. The lowest BCUT2D eigenvalue weighted by Crippen LogP contribution is -2.11. The van der Waals surface area contributed by atoms with Crippen LogP contribution in [0, 0.1) is 10.1 Å². The second kappa shape index (κ2) is 4.72. The van der Waals surface area contributed by atoms with Crippen molar-refractivity contribution >= 4 is 5.69 Å². The molecule has 6 heteroatoms. The molecule has 0 fully saturated rings. The molecular weight excluding hydrogens is 200 g/mol. The van der Waals surface area contributed by atoms with Gasteiger partial charge in [0.1, 0.15) is 0 Å². The smallest absolute Gasteiger partial charge is 0.311 e. The second-order valence-corrected chi connectivity index (χ2v) is 2.94. The molecule has 0 aliphatic heterocycles. The van der Waals surface area contributed by atoms with Crippen LogP contribution >= 0.6 is 0 Å². The van der Waals surface area contributed by atoms with Crippen molar-refractivity contribution in [3.8, 4) is 5.75 Å². The second-order valence-electron chi connectivity index (χ2n) is 2.94. The summed E-state index contributed by atoms with van der Waals surface area (Å²) >= 11 is 0. The van der Waals surface area contributed by atoms with Crippen LogP contribution in [0.15, 0.2) is 18.2 Å². The zero-order valence-electron chi connectivity index (χ0n) is 8.21. The van der Waals surface area contributed by atoms with Crippen LogP contribution in [0.3, 0.4) is 0 Å². The van der Waals surface area contributed by atoms with Crippen LogP contribution in [0.25, 0.3) is 0 Å². The van der Waals surface area contributed by atoms with Crippen molar-refractivity contribution in [3.05, 3.63) is 33.9 Å². The van der Waals surface area contributed by atoms with Crippen LogP contribution in [-0.2, 0) is 0 Å². The molecule has 0 bridgehead atoms. The van der Waals surface area contributed by atoms with Crippen LogP contribution in [0.5, 0.6) is 5.75 Å². The number of ether oxygens (including phenoxy) is 1. The van der Waals surface area contributed by atoms with Gasteiger partial charge in [-0.1, -0.05) is 6.07 Å². The lowest BCUT2D eigenvalue weighted by atomic mass is 10.1. The molecule has 0 amide bonds. The zero-order valence-corrected chi connectivity index (χ0v) is 8.21. The molecule has 1 atom stereocenters. The fourth-order valence-corrected chi connectivity index (χ4v) is 1.19. The number of nitrogens with zero attached hydrogens (tertiary/aromatic N) is 1. The summed E-state index contributed by atoms with van der Waals surface area (Å²) < 4.78 is 4.82. The molecule has 0 unspecified atom stereocenters. The minimum Gasteiger partial charge on any atom is -0.490 e. The number of nitro groups is 1. The quantitative estimate of drug-likeness (QED) is 0.562. The van der Waals surface area contributed by atoms with Gasteiger partial charge in [-0.2, -0.15) is 0 Å². The Morgan fingerprint density at radius 3 is 2.80 bits per heavy atom. The Hall–Kier alpha value is -1.66. The van der Waals surface area contributed by atoms with Crippen LogP contribution in [0.2, 0.25) is 0 Å². The predicted octanol–water partition coefficient (Wildman–Crippen LogP) is 0.596. The molecule has 0 aliphatic rings. The maximum atomic E-state index is 10.7. The van der Waals surface area contributed by atoms with Gasteiger partial charge < -0.3 is 15.6 Å². The lowest BCUT2D eigenvalue weighted by Gasteiger charge is -2.09. The Labute approximate surface area is 86.4 Å². The van der Waals surface area contributed by atoms with E-state index in [0.29, 0.717) is 5.56 Å². The van der Waals surface area contributed by atoms with Gasteiger partial charge in [-0.15, -0.1) is 0 Å². The Bertz CT molecular complexity index is 367. The zero-order chi connectivity index (χ0) is 11.4. The first kappa shape index (κ1) is 11.4. The molecule has 3 N–H and O–H groups in total. The van der Waals surface area contributed by atoms with E-state index in [4.69, 9.17) is 10.5 Å². The number of hydrogen-bond donors (Lipinski definition) is 2. The van der Waals surface area contributed by atoms with Crippen LogP contribution in [-0.4, -0.2) is 23.7 Å². The number of rotatable bonds is 4. The fourth-order valence-electron chi connectivity index (χ4n) is 1.19. The number of aliphatic hydroxyl groups excluding tert-OH is 1. The highest BCUT2D eigenvalue weighted by molar-refractivity contribution is 5.49. The first-order chi connectivity index (χ1) is 7.10. The van der Waals surface area contributed by atoms with Gasteiger partial charge in [0, 0.05) is 12.6 Å². The Kier molecular flexibility index (Phi) is 3.59. The third-order valence-electron chi connectivity index (χ3n) is 2.01. The standard InChI is InChI=1S/C9H12N2O4/c1-15-9-3-2-6(8(12)5-10)4-7(9)11(13)14/h2-4,8,12H,5,10H2,1H3/t8-/m1/s1. The predicted molar refractivity (Wildman–Crippen MR) is 53.7 cm³/mol. The van der Waals surface area contributed by atoms with Crippen molar-refractivity contribution in [1.82, 2.24) is 0 Å². The molecule has 1 rings (SSSR count). The van der Waals surface area contributed by atoms with E-state index in [0.717, 1.165) is 0 Å². The largest absolute Gasteiger partial charge is 0.490 e. The Morgan fingerprint density at radius 2 is 2.33 bits per heavy atom. The Morgan fingerprint density at radius 1 is 1.67 bits per heavy atom. The minimum atomic E-state index is -0.894. The van der Waals surface area contributed by atoms with E-state index in [1.807, 2.05) is 0 Å². The molecule has 0 heterocycles. The van der Waals surface area contributed by atoms with Gasteiger partial charge in [-0.25, -0.2) is 0 Å². The van der Waals surface area contributed by atoms with Gasteiger partial charge in [0.25, 0.3) is 0 Å². The summed E-state index contributed by atoms with van der Waals surface area (Å²) in [6.07, 6.45) is -0.894. The average molecular weight is 212 g/mol. The highest BCUT2D eigenvalue weighted by Gasteiger charge is 2.17. The third kappa shape index (κ3) is 2.42. The van der Waals surface area contributed by atoms with Crippen LogP contribution in [0.4, 0.5) is 5.69 Å². The van der Waals surface area contributed by atoms with E-state index in [-0.39, 0.29) is 18.0 Å². The molecule has 0 radical (unpaired) electrons. The number of nitrogens with two attached hydrogens (primary N) is 1. The number of hydrogen-bond acceptors (Lipinski definition) is 5. The van der Waals surface area contributed by atoms with Gasteiger partial charge in [0.15, 0.2) is 5.75 Å². The maximum Gasteiger partial charge on any atom is 0.311 e. The molecule has 0 saturated heterocycles. The molecule has 1 aromatic rings. The number of nitro benzene ring substituents is 1. The van der Waals surface area contributed by atoms with Crippen LogP contribution in [0.1, 0.15) is 11.7 Å². The number of aliphatic hydroxyl groups is 1. The molecule has 0 aromatic heterocycles. The van der Waals surface area contributed by atoms with E-state index in [1.54, 1.807) is 6.07 Å². The van der Waals surface area contributed by atoms with E-state index >= 15 is 0 Å². The van der Waals surface area contributed by atoms with Gasteiger partial charge in [-0.05, 0) is 11.6 Å². The molecule has 0 aliphatic carbocycles. The molecule has 82 valence electrons. The van der Waals surface area contributed by atoms with Crippen molar-refractivity contribution in [3.63, 3.8) is 0 Å². The van der Waals surface area contributed by atoms with Crippen molar-refractivity contribution in [1.29, 1.82) is 0 Å². The lowest BCUT2D eigenvalue weighted by molar-refractivity contribution is -0.385. The molecular formula is C9H12N2O4. The number of methoxy groups -OCH3 is 1. The average Bonchev–Trinajstić information content (AvgIpc) is 2.27. The van der Waals surface area contributed by atoms with E-state index in [2.05, 4.69) is 0 Å². The molecule has 1 aromatic carbocycles.